The van der Waals surface area contributed by atoms with E-state index in [2.05, 4.69) is 15.1 Å². The molecule has 1 aliphatic heterocycles. The molecule has 0 saturated carbocycles. The Morgan fingerprint density at radius 1 is 1.07 bits per heavy atom. The molecule has 0 atom stereocenters. The summed E-state index contributed by atoms with van der Waals surface area (Å²) in [5.74, 6) is 0.437. The van der Waals surface area contributed by atoms with Gasteiger partial charge in [0.2, 0.25) is 0 Å². The van der Waals surface area contributed by atoms with Crippen molar-refractivity contribution in [2.45, 2.75) is 6.92 Å². The second-order valence-electron chi connectivity index (χ2n) is 6.68. The zero-order valence-electron chi connectivity index (χ0n) is 15.7. The quantitative estimate of drug-likeness (QED) is 0.812. The van der Waals surface area contributed by atoms with Gasteiger partial charge in [-0.15, -0.1) is 0 Å². The average Bonchev–Trinajstić information content (AvgIpc) is 2.68. The van der Waals surface area contributed by atoms with E-state index in [1.807, 2.05) is 43.3 Å². The normalized spacial score (nSPS) is 14.8. The van der Waals surface area contributed by atoms with Crippen LogP contribution in [0.1, 0.15) is 5.56 Å². The lowest BCUT2D eigenvalue weighted by molar-refractivity contribution is -0.123. The fourth-order valence-electron chi connectivity index (χ4n) is 3.19. The number of halogens is 1. The lowest BCUT2D eigenvalue weighted by Crippen LogP contribution is -2.49. The molecule has 1 fully saturated rings. The standard InChI is InChI=1S/C21H26FN3O2/c1-17-6-2-5-9-20(17)27-16-21(26)23-10-11-24-12-14-25(15-13-24)19-8-4-3-7-18(19)22/h2-9H,10-16H2,1H3,(H,23,26). The second-order valence-corrected chi connectivity index (χ2v) is 6.68. The Morgan fingerprint density at radius 2 is 1.78 bits per heavy atom. The molecule has 0 radical (unpaired) electrons. The maximum Gasteiger partial charge on any atom is 0.257 e. The Kier molecular flexibility index (Phi) is 6.65. The van der Waals surface area contributed by atoms with Gasteiger partial charge in [0.05, 0.1) is 5.69 Å². The smallest absolute Gasteiger partial charge is 0.257 e. The van der Waals surface area contributed by atoms with E-state index in [-0.39, 0.29) is 18.3 Å². The topological polar surface area (TPSA) is 44.8 Å². The number of nitrogens with one attached hydrogen (secondary N) is 1. The summed E-state index contributed by atoms with van der Waals surface area (Å²) in [6, 6.07) is 14.5. The van der Waals surface area contributed by atoms with Gasteiger partial charge in [0.1, 0.15) is 11.6 Å². The van der Waals surface area contributed by atoms with Crippen molar-refractivity contribution in [3.8, 4) is 5.75 Å². The SMILES string of the molecule is Cc1ccccc1OCC(=O)NCCN1CCN(c2ccccc2F)CC1. The fourth-order valence-corrected chi connectivity index (χ4v) is 3.19. The van der Waals surface area contributed by atoms with Gasteiger partial charge in [-0.05, 0) is 30.7 Å². The Bertz CT molecular complexity index is 761. The minimum Gasteiger partial charge on any atom is -0.484 e. The van der Waals surface area contributed by atoms with Crippen molar-refractivity contribution in [2.75, 3.05) is 50.8 Å². The van der Waals surface area contributed by atoms with Gasteiger partial charge in [0, 0.05) is 39.3 Å². The third-order valence-electron chi connectivity index (χ3n) is 4.77. The van der Waals surface area contributed by atoms with Crippen LogP contribution in [0.5, 0.6) is 5.75 Å². The highest BCUT2D eigenvalue weighted by molar-refractivity contribution is 5.77. The number of hydrogen-bond acceptors (Lipinski definition) is 4. The van der Waals surface area contributed by atoms with E-state index in [0.29, 0.717) is 12.2 Å². The maximum absolute atomic E-state index is 13.9. The van der Waals surface area contributed by atoms with Crippen LogP contribution in [0.25, 0.3) is 0 Å². The summed E-state index contributed by atoms with van der Waals surface area (Å²) in [7, 11) is 0. The molecule has 3 rings (SSSR count). The van der Waals surface area contributed by atoms with E-state index in [0.717, 1.165) is 44.0 Å². The Labute approximate surface area is 159 Å². The van der Waals surface area contributed by atoms with Crippen LogP contribution in [0.3, 0.4) is 0 Å². The maximum atomic E-state index is 13.9. The number of hydrogen-bond donors (Lipinski definition) is 1. The predicted molar refractivity (Wildman–Crippen MR) is 105 cm³/mol. The van der Waals surface area contributed by atoms with Crippen molar-refractivity contribution in [3.63, 3.8) is 0 Å². The molecule has 0 bridgehead atoms. The van der Waals surface area contributed by atoms with Crippen molar-refractivity contribution < 1.29 is 13.9 Å². The van der Waals surface area contributed by atoms with Crippen LogP contribution < -0.4 is 15.0 Å². The van der Waals surface area contributed by atoms with Gasteiger partial charge in [-0.1, -0.05) is 30.3 Å². The lowest BCUT2D eigenvalue weighted by atomic mass is 10.2. The number of anilines is 1. The van der Waals surface area contributed by atoms with Crippen LogP contribution in [0.4, 0.5) is 10.1 Å². The largest absolute Gasteiger partial charge is 0.484 e. The van der Waals surface area contributed by atoms with Crippen LogP contribution in [0.15, 0.2) is 48.5 Å². The first-order valence-electron chi connectivity index (χ1n) is 9.30. The van der Waals surface area contributed by atoms with Crippen LogP contribution in [0.2, 0.25) is 0 Å². The molecule has 1 amide bonds. The molecular formula is C21H26FN3O2. The molecule has 1 saturated heterocycles. The van der Waals surface area contributed by atoms with Crippen molar-refractivity contribution in [1.29, 1.82) is 0 Å². The van der Waals surface area contributed by atoms with E-state index < -0.39 is 0 Å². The van der Waals surface area contributed by atoms with Gasteiger partial charge in [-0.3, -0.25) is 9.69 Å². The first-order chi connectivity index (χ1) is 13.1. The molecule has 1 N–H and O–H groups in total. The Balaban J connectivity index is 1.34. The molecule has 2 aromatic carbocycles. The number of nitrogens with zero attached hydrogens (tertiary/aromatic N) is 2. The molecule has 0 aromatic heterocycles. The second kappa shape index (κ2) is 9.37. The highest BCUT2D eigenvalue weighted by Gasteiger charge is 2.19. The lowest BCUT2D eigenvalue weighted by Gasteiger charge is -2.36. The summed E-state index contributed by atoms with van der Waals surface area (Å²) < 4.78 is 19.4. The number of piperazine rings is 1. The van der Waals surface area contributed by atoms with Crippen LogP contribution in [-0.4, -0.2) is 56.7 Å². The van der Waals surface area contributed by atoms with Gasteiger partial charge in [0.25, 0.3) is 5.91 Å². The third-order valence-corrected chi connectivity index (χ3v) is 4.77. The molecule has 5 nitrogen and oxygen atoms in total. The van der Waals surface area contributed by atoms with Crippen LogP contribution in [-0.2, 0) is 4.79 Å². The number of ether oxygens (including phenoxy) is 1. The van der Waals surface area contributed by atoms with E-state index in [1.54, 1.807) is 6.07 Å². The molecular weight excluding hydrogens is 345 g/mol. The minimum atomic E-state index is -0.174. The van der Waals surface area contributed by atoms with Crippen molar-refractivity contribution >= 4 is 11.6 Å². The summed E-state index contributed by atoms with van der Waals surface area (Å²) in [6.45, 7) is 6.60. The molecule has 0 aliphatic carbocycles. The van der Waals surface area contributed by atoms with E-state index in [9.17, 15) is 9.18 Å². The number of carbonyl (C=O) groups is 1. The first kappa shape index (κ1) is 19.2. The van der Waals surface area contributed by atoms with Gasteiger partial charge >= 0.3 is 0 Å². The zero-order valence-corrected chi connectivity index (χ0v) is 15.7. The average molecular weight is 371 g/mol. The van der Waals surface area contributed by atoms with Gasteiger partial charge < -0.3 is 15.0 Å². The number of para-hydroxylation sites is 2. The van der Waals surface area contributed by atoms with E-state index in [4.69, 9.17) is 4.74 Å². The molecule has 144 valence electrons. The number of rotatable bonds is 7. The number of amides is 1. The van der Waals surface area contributed by atoms with Crippen LogP contribution in [0, 0.1) is 12.7 Å². The van der Waals surface area contributed by atoms with Crippen molar-refractivity contribution in [3.05, 3.63) is 59.9 Å². The molecule has 0 unspecified atom stereocenters. The molecule has 2 aromatic rings. The molecule has 0 spiro atoms. The van der Waals surface area contributed by atoms with E-state index in [1.165, 1.54) is 6.07 Å². The number of carbonyl (C=O) groups excluding carboxylic acids is 1. The monoisotopic (exact) mass is 371 g/mol. The van der Waals surface area contributed by atoms with Crippen molar-refractivity contribution in [1.82, 2.24) is 10.2 Å². The summed E-state index contributed by atoms with van der Waals surface area (Å²) in [5.41, 5.74) is 1.68. The number of benzene rings is 2. The van der Waals surface area contributed by atoms with Crippen LogP contribution >= 0.6 is 0 Å². The molecule has 6 heteroatoms. The predicted octanol–water partition coefficient (Wildman–Crippen LogP) is 2.45. The molecule has 1 aliphatic rings. The first-order valence-corrected chi connectivity index (χ1v) is 9.30. The zero-order chi connectivity index (χ0) is 19.1. The Morgan fingerprint density at radius 3 is 2.52 bits per heavy atom. The third kappa shape index (κ3) is 5.44. The van der Waals surface area contributed by atoms with Gasteiger partial charge in [-0.25, -0.2) is 4.39 Å². The highest BCUT2D eigenvalue weighted by atomic mass is 19.1. The summed E-state index contributed by atoms with van der Waals surface area (Å²) in [4.78, 5) is 16.3. The van der Waals surface area contributed by atoms with Crippen molar-refractivity contribution in [2.24, 2.45) is 0 Å². The van der Waals surface area contributed by atoms with E-state index >= 15 is 0 Å². The highest BCUT2D eigenvalue weighted by Crippen LogP contribution is 2.20. The number of aryl methyl sites for hydroxylation is 1. The van der Waals surface area contributed by atoms with Gasteiger partial charge in [0.15, 0.2) is 6.61 Å². The summed E-state index contributed by atoms with van der Waals surface area (Å²) in [6.07, 6.45) is 0. The Hall–Kier alpha value is -2.60. The summed E-state index contributed by atoms with van der Waals surface area (Å²) >= 11 is 0. The summed E-state index contributed by atoms with van der Waals surface area (Å²) in [5, 5.41) is 2.89. The molecule has 27 heavy (non-hydrogen) atoms. The fraction of sp³-hybridized carbons (Fsp3) is 0.381. The van der Waals surface area contributed by atoms with Gasteiger partial charge in [-0.2, -0.15) is 0 Å². The minimum absolute atomic E-state index is 0.0198. The molecule has 1 heterocycles.